The van der Waals surface area contributed by atoms with Crippen molar-refractivity contribution in [2.75, 3.05) is 39.6 Å². The summed E-state index contributed by atoms with van der Waals surface area (Å²) >= 11 is 0. The van der Waals surface area contributed by atoms with Crippen LogP contribution in [0.4, 0.5) is 0 Å². The molecular formula is C87H148O17P2. The van der Waals surface area contributed by atoms with Crippen LogP contribution in [0, 0.1) is 0 Å². The molecule has 0 radical (unpaired) electrons. The first-order valence-corrected chi connectivity index (χ1v) is 44.4. The molecule has 0 bridgehead atoms. The van der Waals surface area contributed by atoms with Gasteiger partial charge >= 0.3 is 39.5 Å². The minimum absolute atomic E-state index is 0.0366. The second kappa shape index (κ2) is 78.3. The molecule has 608 valence electrons. The highest BCUT2D eigenvalue weighted by atomic mass is 31.2. The topological polar surface area (TPSA) is 237 Å². The van der Waals surface area contributed by atoms with E-state index in [0.717, 1.165) is 186 Å². The van der Waals surface area contributed by atoms with Crippen molar-refractivity contribution < 1.29 is 80.2 Å². The summed E-state index contributed by atoms with van der Waals surface area (Å²) in [6.07, 6.45) is 88.5. The van der Waals surface area contributed by atoms with E-state index in [4.69, 9.17) is 37.0 Å². The lowest BCUT2D eigenvalue weighted by Gasteiger charge is -2.21. The van der Waals surface area contributed by atoms with Gasteiger partial charge < -0.3 is 33.8 Å². The predicted molar refractivity (Wildman–Crippen MR) is 436 cm³/mol. The summed E-state index contributed by atoms with van der Waals surface area (Å²) in [5, 5.41) is 10.7. The minimum atomic E-state index is -5.00. The van der Waals surface area contributed by atoms with Gasteiger partial charge in [-0.05, 0) is 135 Å². The van der Waals surface area contributed by atoms with Crippen LogP contribution in [-0.2, 0) is 65.4 Å². The van der Waals surface area contributed by atoms with Crippen LogP contribution in [0.5, 0.6) is 0 Å². The molecular weight excluding hydrogens is 1380 g/mol. The van der Waals surface area contributed by atoms with Crippen LogP contribution in [0.2, 0.25) is 0 Å². The second-order valence-corrected chi connectivity index (χ2v) is 30.2. The Morgan fingerprint density at radius 2 is 0.491 bits per heavy atom. The first-order chi connectivity index (χ1) is 51.7. The number of carbonyl (C=O) groups is 4. The fraction of sp³-hybridized carbons (Fsp3) is 0.701. The first kappa shape index (κ1) is 101. The van der Waals surface area contributed by atoms with Crippen molar-refractivity contribution in [2.45, 2.75) is 354 Å². The molecule has 0 aliphatic rings. The number of phosphoric ester groups is 2. The number of hydrogen-bond acceptors (Lipinski definition) is 15. The Morgan fingerprint density at radius 3 is 0.774 bits per heavy atom. The molecule has 0 rings (SSSR count). The molecule has 106 heavy (non-hydrogen) atoms. The first-order valence-electron chi connectivity index (χ1n) is 41.4. The lowest BCUT2D eigenvalue weighted by Crippen LogP contribution is -2.30. The van der Waals surface area contributed by atoms with Crippen molar-refractivity contribution in [1.82, 2.24) is 0 Å². The van der Waals surface area contributed by atoms with Gasteiger partial charge in [0.2, 0.25) is 0 Å². The van der Waals surface area contributed by atoms with Gasteiger partial charge in [-0.15, -0.1) is 0 Å². The van der Waals surface area contributed by atoms with Crippen LogP contribution in [0.3, 0.4) is 0 Å². The number of unbranched alkanes of at least 4 members (excludes halogenated alkanes) is 29. The molecule has 0 aromatic rings. The van der Waals surface area contributed by atoms with E-state index in [1.54, 1.807) is 0 Å². The van der Waals surface area contributed by atoms with Crippen LogP contribution in [-0.4, -0.2) is 96.7 Å². The predicted octanol–water partition coefficient (Wildman–Crippen LogP) is 24.4. The van der Waals surface area contributed by atoms with Crippen LogP contribution < -0.4 is 0 Å². The molecule has 19 heteroatoms. The number of ether oxygens (including phenoxy) is 4. The maximum Gasteiger partial charge on any atom is 0.472 e. The zero-order valence-corrected chi connectivity index (χ0v) is 68.4. The molecule has 0 aromatic heterocycles. The molecule has 0 spiro atoms. The van der Waals surface area contributed by atoms with Crippen molar-refractivity contribution in [2.24, 2.45) is 0 Å². The lowest BCUT2D eigenvalue weighted by molar-refractivity contribution is -0.161. The summed E-state index contributed by atoms with van der Waals surface area (Å²) in [6.45, 7) is 4.50. The summed E-state index contributed by atoms with van der Waals surface area (Å²) in [5.41, 5.74) is 0. The van der Waals surface area contributed by atoms with Crippen molar-refractivity contribution >= 4 is 39.5 Å². The third-order valence-electron chi connectivity index (χ3n) is 17.1. The summed E-state index contributed by atoms with van der Waals surface area (Å²) in [7, 11) is -9.98. The number of aliphatic hydroxyl groups is 1. The number of hydrogen-bond donors (Lipinski definition) is 3. The fourth-order valence-electron chi connectivity index (χ4n) is 10.9. The Morgan fingerprint density at radius 1 is 0.274 bits per heavy atom. The number of rotatable bonds is 77. The zero-order chi connectivity index (χ0) is 77.4. The third-order valence-corrected chi connectivity index (χ3v) is 19.0. The maximum atomic E-state index is 13.1. The number of allylic oxidation sites excluding steroid dienone is 22. The molecule has 3 N–H and O–H groups in total. The van der Waals surface area contributed by atoms with E-state index in [2.05, 4.69) is 161 Å². The number of esters is 4. The summed E-state index contributed by atoms with van der Waals surface area (Å²) in [6, 6.07) is 0. The summed E-state index contributed by atoms with van der Waals surface area (Å²) < 4.78 is 68.7. The van der Waals surface area contributed by atoms with E-state index in [1.165, 1.54) is 64.2 Å². The van der Waals surface area contributed by atoms with E-state index in [0.29, 0.717) is 32.1 Å². The second-order valence-electron chi connectivity index (χ2n) is 27.3. The molecule has 0 aliphatic heterocycles. The van der Waals surface area contributed by atoms with Gasteiger partial charge in [-0.25, -0.2) is 9.13 Å². The van der Waals surface area contributed by atoms with Crippen LogP contribution in [0.25, 0.3) is 0 Å². The summed E-state index contributed by atoms with van der Waals surface area (Å²) in [4.78, 5) is 73.2. The lowest BCUT2D eigenvalue weighted by atomic mass is 10.0. The SMILES string of the molecule is CC/C=C\C/C=C\C/C=C\C/C=C\CCCCCCCCC(=O)OCC(COP(=O)(O)OCC(O)COP(=O)(O)OCC(COC(=O)CCCCCCCCC/C=C\C/C=C\C/C=C\CC)OC(=O)CCCCCCCCCCCCCCCCC)OC(=O)CCCC/C=C\C/C=C\C/C=C\C/C=C\CC. The van der Waals surface area contributed by atoms with E-state index in [9.17, 15) is 43.2 Å². The van der Waals surface area contributed by atoms with Crippen molar-refractivity contribution in [3.63, 3.8) is 0 Å². The molecule has 0 aliphatic carbocycles. The van der Waals surface area contributed by atoms with Gasteiger partial charge in [0.05, 0.1) is 26.4 Å². The highest BCUT2D eigenvalue weighted by molar-refractivity contribution is 7.47. The molecule has 5 atom stereocenters. The van der Waals surface area contributed by atoms with E-state index in [-0.39, 0.29) is 25.7 Å². The molecule has 17 nitrogen and oxygen atoms in total. The minimum Gasteiger partial charge on any atom is -0.462 e. The standard InChI is InChI=1S/C87H148O17P2/c1-5-9-13-17-21-25-29-33-37-39-40-42-46-48-52-56-60-64-68-72-85(90)98-78-83(104-87(92)74-70-66-62-58-54-50-44-36-32-28-24-20-16-12-8-4)80-102-106(95,96)100-76-81(88)75-99-105(93,94)101-79-82(103-86(91)73-69-65-61-57-53-49-43-35-31-27-23-19-15-11-7-3)77-97-84(89)71-67-63-59-55-51-47-45-41-38-34-30-26-22-18-14-10-6-2/h9-10,12-14,16,21-22,24-26,28,33-34,36-38,40,42,44,54,58,81-83,88H,5-8,11,15,17-20,23,27,29-32,35,39,41,43,45-53,55-57,59-80H2,1-4H3,(H,93,94)(H,95,96)/b13-9-,14-10-,16-12-,25-21-,26-22-,28-24-,37-33-,38-34-,42-40-,44-36-,58-54-. The number of aliphatic hydroxyl groups excluding tert-OH is 1. The van der Waals surface area contributed by atoms with Crippen LogP contribution >= 0.6 is 15.6 Å². The molecule has 0 amide bonds. The van der Waals surface area contributed by atoms with Gasteiger partial charge in [-0.2, -0.15) is 0 Å². The average molecular weight is 1530 g/mol. The van der Waals surface area contributed by atoms with Gasteiger partial charge in [0.25, 0.3) is 0 Å². The fourth-order valence-corrected chi connectivity index (χ4v) is 12.5. The van der Waals surface area contributed by atoms with Crippen LogP contribution in [0.15, 0.2) is 134 Å². The van der Waals surface area contributed by atoms with Crippen molar-refractivity contribution in [1.29, 1.82) is 0 Å². The average Bonchev–Trinajstić information content (AvgIpc) is 0.909. The molecule has 0 saturated heterocycles. The molecule has 0 saturated carbocycles. The zero-order valence-electron chi connectivity index (χ0n) is 66.6. The smallest absolute Gasteiger partial charge is 0.462 e. The van der Waals surface area contributed by atoms with Gasteiger partial charge in [0, 0.05) is 25.7 Å². The Labute approximate surface area is 644 Å². The normalized spacial score (nSPS) is 14.5. The Kier molecular flexibility index (Phi) is 74.8. The van der Waals surface area contributed by atoms with Gasteiger partial charge in [0.1, 0.15) is 19.3 Å². The van der Waals surface area contributed by atoms with E-state index < -0.39 is 97.5 Å². The van der Waals surface area contributed by atoms with Gasteiger partial charge in [-0.3, -0.25) is 37.3 Å². The molecule has 5 unspecified atom stereocenters. The Bertz CT molecular complexity index is 2530. The maximum absolute atomic E-state index is 13.1. The number of phosphoric acid groups is 2. The quantitative estimate of drug-likeness (QED) is 0.0169. The van der Waals surface area contributed by atoms with Crippen molar-refractivity contribution in [3.8, 4) is 0 Å². The van der Waals surface area contributed by atoms with Crippen LogP contribution in [0.1, 0.15) is 336 Å². The van der Waals surface area contributed by atoms with Crippen molar-refractivity contribution in [3.05, 3.63) is 134 Å². The largest absolute Gasteiger partial charge is 0.472 e. The highest BCUT2D eigenvalue weighted by Gasteiger charge is 2.30. The van der Waals surface area contributed by atoms with E-state index >= 15 is 0 Å². The number of carbonyl (C=O) groups excluding carboxylic acids is 4. The Hall–Kier alpha value is -4.80. The van der Waals surface area contributed by atoms with E-state index in [1.807, 2.05) is 0 Å². The monoisotopic (exact) mass is 1530 g/mol. The third kappa shape index (κ3) is 77.4. The highest BCUT2D eigenvalue weighted by Crippen LogP contribution is 2.45. The molecule has 0 fully saturated rings. The van der Waals surface area contributed by atoms with Gasteiger partial charge in [0.15, 0.2) is 12.2 Å². The Balaban J connectivity index is 5.40. The van der Waals surface area contributed by atoms with Gasteiger partial charge in [-0.1, -0.05) is 309 Å². The molecule has 0 heterocycles. The summed E-state index contributed by atoms with van der Waals surface area (Å²) in [5.74, 6) is -2.24. The molecule has 0 aromatic carbocycles.